The standard InChI is InChI=1S/C35H37BrClN3O4S/c1-25-13-17-30(18-14-25)40(45(43,44)31-19-15-29(37)16-20-31)24-33(41)39(23-27-11-8-12-28(36)21-27)32(34(42)38-35(2,3)4)22-26-9-6-5-7-10-26/h5-21,32H,22-24H2,1-4H3,(H,38,42)/t32-/m1/s1. The third-order valence-corrected chi connectivity index (χ3v) is 9.55. The number of anilines is 1. The van der Waals surface area contributed by atoms with E-state index in [1.54, 1.807) is 24.3 Å². The van der Waals surface area contributed by atoms with Crippen LogP contribution in [0.15, 0.2) is 112 Å². The average Bonchev–Trinajstić information content (AvgIpc) is 2.98. The number of nitrogens with zero attached hydrogens (tertiary/aromatic N) is 2. The van der Waals surface area contributed by atoms with Crippen LogP contribution in [0.5, 0.6) is 0 Å². The van der Waals surface area contributed by atoms with Gasteiger partial charge in [0.25, 0.3) is 10.0 Å². The summed E-state index contributed by atoms with van der Waals surface area (Å²) in [6.07, 6.45) is 0.233. The molecule has 0 saturated carbocycles. The van der Waals surface area contributed by atoms with E-state index in [1.807, 2.05) is 82.3 Å². The first-order valence-electron chi connectivity index (χ1n) is 14.5. The van der Waals surface area contributed by atoms with Gasteiger partial charge in [-0.2, -0.15) is 0 Å². The van der Waals surface area contributed by atoms with Gasteiger partial charge in [-0.25, -0.2) is 8.42 Å². The fourth-order valence-corrected chi connectivity index (χ4v) is 6.80. The molecule has 10 heteroatoms. The second-order valence-electron chi connectivity index (χ2n) is 11.9. The molecule has 0 aliphatic carbocycles. The van der Waals surface area contributed by atoms with E-state index in [9.17, 15) is 18.0 Å². The predicted octanol–water partition coefficient (Wildman–Crippen LogP) is 7.16. The molecular weight excluding hydrogens is 674 g/mol. The Balaban J connectivity index is 1.81. The van der Waals surface area contributed by atoms with E-state index in [0.717, 1.165) is 25.5 Å². The van der Waals surface area contributed by atoms with Crippen LogP contribution in [0.25, 0.3) is 0 Å². The van der Waals surface area contributed by atoms with Gasteiger partial charge in [-0.1, -0.05) is 87.7 Å². The third kappa shape index (κ3) is 9.42. The van der Waals surface area contributed by atoms with Crippen molar-refractivity contribution in [2.75, 3.05) is 10.8 Å². The minimum atomic E-state index is -4.21. The quantitative estimate of drug-likeness (QED) is 0.179. The van der Waals surface area contributed by atoms with Gasteiger partial charge in [0.05, 0.1) is 10.6 Å². The normalized spacial score (nSPS) is 12.3. The number of carbonyl (C=O) groups is 2. The number of carbonyl (C=O) groups excluding carboxylic acids is 2. The highest BCUT2D eigenvalue weighted by Crippen LogP contribution is 2.27. The van der Waals surface area contributed by atoms with E-state index in [1.165, 1.54) is 29.2 Å². The van der Waals surface area contributed by atoms with Gasteiger partial charge in [-0.05, 0) is 87.4 Å². The number of halogens is 2. The first-order valence-corrected chi connectivity index (χ1v) is 17.1. The number of hydrogen-bond donors (Lipinski definition) is 1. The van der Waals surface area contributed by atoms with Gasteiger partial charge >= 0.3 is 0 Å². The van der Waals surface area contributed by atoms with Crippen LogP contribution in [0.1, 0.15) is 37.5 Å². The van der Waals surface area contributed by atoms with Crippen molar-refractivity contribution in [1.29, 1.82) is 0 Å². The largest absolute Gasteiger partial charge is 0.350 e. The van der Waals surface area contributed by atoms with E-state index < -0.39 is 34.1 Å². The molecule has 0 fully saturated rings. The Bertz CT molecular complexity index is 1730. The van der Waals surface area contributed by atoms with Gasteiger partial charge < -0.3 is 10.2 Å². The molecule has 0 radical (unpaired) electrons. The van der Waals surface area contributed by atoms with Crippen LogP contribution in [-0.2, 0) is 32.6 Å². The highest BCUT2D eigenvalue weighted by Gasteiger charge is 2.35. The minimum absolute atomic E-state index is 0.00914. The number of nitrogens with one attached hydrogen (secondary N) is 1. The Hall–Kier alpha value is -3.66. The summed E-state index contributed by atoms with van der Waals surface area (Å²) in [5.74, 6) is -0.866. The third-order valence-electron chi connectivity index (χ3n) is 7.01. The Morgan fingerprint density at radius 2 is 1.49 bits per heavy atom. The summed E-state index contributed by atoms with van der Waals surface area (Å²) in [5, 5.41) is 3.43. The number of aryl methyl sites for hydroxylation is 1. The maximum Gasteiger partial charge on any atom is 0.264 e. The number of benzene rings is 4. The van der Waals surface area contributed by atoms with E-state index in [4.69, 9.17) is 11.6 Å². The van der Waals surface area contributed by atoms with E-state index >= 15 is 0 Å². The van der Waals surface area contributed by atoms with Crippen LogP contribution in [0, 0.1) is 6.92 Å². The van der Waals surface area contributed by atoms with Gasteiger partial charge in [0, 0.05) is 28.0 Å². The second kappa shape index (κ2) is 14.6. The van der Waals surface area contributed by atoms with E-state index in [2.05, 4.69) is 21.2 Å². The number of rotatable bonds is 11. The van der Waals surface area contributed by atoms with Crippen molar-refractivity contribution in [3.8, 4) is 0 Å². The molecule has 1 atom stereocenters. The molecule has 4 rings (SSSR count). The van der Waals surface area contributed by atoms with Gasteiger partial charge in [-0.15, -0.1) is 0 Å². The summed E-state index contributed by atoms with van der Waals surface area (Å²) >= 11 is 9.56. The predicted molar refractivity (Wildman–Crippen MR) is 184 cm³/mol. The van der Waals surface area contributed by atoms with Gasteiger partial charge in [-0.3, -0.25) is 13.9 Å². The molecule has 0 bridgehead atoms. The molecule has 0 aliphatic rings. The maximum atomic E-state index is 14.5. The fraction of sp³-hybridized carbons (Fsp3) is 0.257. The lowest BCUT2D eigenvalue weighted by Gasteiger charge is -2.35. The highest BCUT2D eigenvalue weighted by molar-refractivity contribution is 9.10. The summed E-state index contributed by atoms with van der Waals surface area (Å²) in [4.78, 5) is 29.9. The first-order chi connectivity index (χ1) is 21.2. The fourth-order valence-electron chi connectivity index (χ4n) is 4.81. The lowest BCUT2D eigenvalue weighted by atomic mass is 10.0. The van der Waals surface area contributed by atoms with Gasteiger partial charge in [0.1, 0.15) is 12.6 Å². The average molecular weight is 711 g/mol. The second-order valence-corrected chi connectivity index (χ2v) is 15.1. The zero-order valence-electron chi connectivity index (χ0n) is 25.7. The number of hydrogen-bond acceptors (Lipinski definition) is 4. The summed E-state index contributed by atoms with van der Waals surface area (Å²) in [7, 11) is -4.21. The minimum Gasteiger partial charge on any atom is -0.350 e. The van der Waals surface area contributed by atoms with Crippen LogP contribution in [0.4, 0.5) is 5.69 Å². The molecule has 0 spiro atoms. The summed E-state index contributed by atoms with van der Waals surface area (Å²) < 4.78 is 30.1. The monoisotopic (exact) mass is 709 g/mol. The number of amides is 2. The van der Waals surface area contributed by atoms with Crippen molar-refractivity contribution < 1.29 is 18.0 Å². The van der Waals surface area contributed by atoms with Gasteiger partial charge in [0.15, 0.2) is 0 Å². The smallest absolute Gasteiger partial charge is 0.264 e. The Labute approximate surface area is 279 Å². The van der Waals surface area contributed by atoms with Crippen LogP contribution in [0.3, 0.4) is 0 Å². The zero-order chi connectivity index (χ0) is 32.8. The first kappa shape index (κ1) is 34.2. The molecule has 4 aromatic carbocycles. The molecule has 236 valence electrons. The SMILES string of the molecule is Cc1ccc(N(CC(=O)N(Cc2cccc(Br)c2)[C@H](Cc2ccccc2)C(=O)NC(C)(C)C)S(=O)(=O)c2ccc(Cl)cc2)cc1. The van der Waals surface area contributed by atoms with Crippen LogP contribution < -0.4 is 9.62 Å². The van der Waals surface area contributed by atoms with Crippen molar-refractivity contribution in [2.45, 2.75) is 57.1 Å². The molecule has 45 heavy (non-hydrogen) atoms. The van der Waals surface area contributed by atoms with Crippen LogP contribution in [-0.4, -0.2) is 43.3 Å². The molecular formula is C35H37BrClN3O4S. The summed E-state index contributed by atoms with van der Waals surface area (Å²) in [6, 6.07) is 28.7. The summed E-state index contributed by atoms with van der Waals surface area (Å²) in [5.41, 5.74) is 2.34. The molecule has 1 N–H and O–H groups in total. The van der Waals surface area contributed by atoms with Gasteiger partial charge in [0.2, 0.25) is 11.8 Å². The molecule has 0 aromatic heterocycles. The topological polar surface area (TPSA) is 86.8 Å². The number of sulfonamides is 1. The molecule has 7 nitrogen and oxygen atoms in total. The van der Waals surface area contributed by atoms with Crippen molar-refractivity contribution in [3.63, 3.8) is 0 Å². The zero-order valence-corrected chi connectivity index (χ0v) is 28.9. The lowest BCUT2D eigenvalue weighted by Crippen LogP contribution is -2.56. The molecule has 2 amide bonds. The van der Waals surface area contributed by atoms with Crippen LogP contribution in [0.2, 0.25) is 5.02 Å². The molecule has 0 heterocycles. The molecule has 0 saturated heterocycles. The Morgan fingerprint density at radius 1 is 0.867 bits per heavy atom. The highest BCUT2D eigenvalue weighted by atomic mass is 79.9. The molecule has 0 aliphatic heterocycles. The maximum absolute atomic E-state index is 14.5. The van der Waals surface area contributed by atoms with Crippen molar-refractivity contribution in [2.24, 2.45) is 0 Å². The lowest BCUT2D eigenvalue weighted by molar-refractivity contribution is -0.140. The van der Waals surface area contributed by atoms with Crippen molar-refractivity contribution in [1.82, 2.24) is 10.2 Å². The van der Waals surface area contributed by atoms with Crippen molar-refractivity contribution in [3.05, 3.63) is 129 Å². The van der Waals surface area contributed by atoms with Crippen LogP contribution >= 0.6 is 27.5 Å². The Morgan fingerprint density at radius 3 is 2.09 bits per heavy atom. The van der Waals surface area contributed by atoms with Crippen molar-refractivity contribution >= 4 is 55.1 Å². The molecule has 4 aromatic rings. The van der Waals surface area contributed by atoms with E-state index in [0.29, 0.717) is 10.7 Å². The Kier molecular flexibility index (Phi) is 11.1. The van der Waals surface area contributed by atoms with E-state index in [-0.39, 0.29) is 23.8 Å². The summed E-state index contributed by atoms with van der Waals surface area (Å²) in [6.45, 7) is 7.08. The molecule has 0 unspecified atom stereocenters.